The second-order valence-corrected chi connectivity index (χ2v) is 12.2. The molecule has 1 unspecified atom stereocenters. The molecule has 4 heteroatoms. The fraction of sp³-hybridized carbons (Fsp3) is 1.00. The summed E-state index contributed by atoms with van der Waals surface area (Å²) in [5, 5.41) is 0.663. The Bertz CT molecular complexity index is 270. The van der Waals surface area contributed by atoms with E-state index in [1.807, 2.05) is 0 Å². The Morgan fingerprint density at radius 2 is 1.77 bits per heavy atom. The van der Waals surface area contributed by atoms with Gasteiger partial charge < -0.3 is 0 Å². The van der Waals surface area contributed by atoms with Crippen molar-refractivity contribution in [2.75, 3.05) is 0 Å². The lowest BCUT2D eigenvalue weighted by molar-refractivity contribution is 0.685. The van der Waals surface area contributed by atoms with Crippen molar-refractivity contribution in [2.24, 2.45) is 4.03 Å². The van der Waals surface area contributed by atoms with Crippen LogP contribution in [0.5, 0.6) is 0 Å². The topological polar surface area (TPSA) is 29.4 Å². The average Bonchev–Trinajstić information content (AvgIpc) is 2.62. The van der Waals surface area contributed by atoms with Crippen LogP contribution in [-0.2, 0) is 10.6 Å². The number of thiol groups is 1. The molecular formula is C9H21NOSSi. The highest BCUT2D eigenvalue weighted by atomic mass is 32.2. The van der Waals surface area contributed by atoms with Crippen LogP contribution in [0.15, 0.2) is 4.03 Å². The van der Waals surface area contributed by atoms with Gasteiger partial charge in [-0.15, -0.1) is 0 Å². The van der Waals surface area contributed by atoms with E-state index >= 15 is 0 Å². The zero-order chi connectivity index (χ0) is 10.3. The average molecular weight is 219 g/mol. The van der Waals surface area contributed by atoms with Crippen LogP contribution >= 0.6 is 0 Å². The predicted molar refractivity (Wildman–Crippen MR) is 62.2 cm³/mol. The van der Waals surface area contributed by atoms with Crippen molar-refractivity contribution >= 4 is 18.8 Å². The lowest BCUT2D eigenvalue weighted by atomic mass is 10.2. The molecule has 0 aromatic heterocycles. The van der Waals surface area contributed by atoms with E-state index in [-0.39, 0.29) is 5.04 Å². The third-order valence-corrected chi connectivity index (χ3v) is 10.6. The van der Waals surface area contributed by atoms with Crippen molar-refractivity contribution < 1.29 is 4.21 Å². The van der Waals surface area contributed by atoms with Crippen molar-refractivity contribution in [3.63, 3.8) is 0 Å². The first-order chi connectivity index (χ1) is 5.74. The molecule has 1 aliphatic carbocycles. The van der Waals surface area contributed by atoms with Crippen molar-refractivity contribution in [3.8, 4) is 0 Å². The summed E-state index contributed by atoms with van der Waals surface area (Å²) in [5.41, 5.74) is 0. The van der Waals surface area contributed by atoms with E-state index in [4.69, 9.17) is 0 Å². The fourth-order valence-electron chi connectivity index (χ4n) is 0.773. The second kappa shape index (κ2) is 3.39. The monoisotopic (exact) mass is 219 g/mol. The molecule has 0 radical (unpaired) electrons. The molecule has 0 aromatic rings. The maximum absolute atomic E-state index is 11.7. The molecule has 0 saturated heterocycles. The Morgan fingerprint density at radius 3 is 2.08 bits per heavy atom. The van der Waals surface area contributed by atoms with Gasteiger partial charge in [-0.05, 0) is 31.0 Å². The summed E-state index contributed by atoms with van der Waals surface area (Å²) in [4.78, 5) is 0. The molecule has 1 rings (SSSR count). The Balaban J connectivity index is 2.81. The van der Waals surface area contributed by atoms with Gasteiger partial charge in [0.25, 0.3) is 0 Å². The van der Waals surface area contributed by atoms with Crippen molar-refractivity contribution in [1.82, 2.24) is 0 Å². The van der Waals surface area contributed by atoms with Crippen LogP contribution < -0.4 is 0 Å². The third kappa shape index (κ3) is 2.81. The van der Waals surface area contributed by atoms with Gasteiger partial charge in [-0.25, -0.2) is 0 Å². The predicted octanol–water partition coefficient (Wildman–Crippen LogP) is 2.82. The normalized spacial score (nSPS) is 21.9. The van der Waals surface area contributed by atoms with Crippen LogP contribution in [0, 0.1) is 0 Å². The van der Waals surface area contributed by atoms with Gasteiger partial charge in [0.1, 0.15) is 0 Å². The quantitative estimate of drug-likeness (QED) is 0.561. The Kier molecular flexibility index (Phi) is 2.93. The van der Waals surface area contributed by atoms with E-state index in [1.54, 1.807) is 0 Å². The van der Waals surface area contributed by atoms with E-state index < -0.39 is 18.8 Å². The van der Waals surface area contributed by atoms with E-state index in [0.717, 1.165) is 12.8 Å². The number of hydrogen-bond acceptors (Lipinski definition) is 2. The molecule has 13 heavy (non-hydrogen) atoms. The maximum Gasteiger partial charge on any atom is 0.192 e. The molecule has 78 valence electrons. The van der Waals surface area contributed by atoms with Crippen molar-refractivity contribution in [3.05, 3.63) is 0 Å². The molecule has 0 heterocycles. The van der Waals surface area contributed by atoms with Crippen LogP contribution in [0.4, 0.5) is 0 Å². The minimum atomic E-state index is -1.65. The summed E-state index contributed by atoms with van der Waals surface area (Å²) in [6.45, 7) is 11.0. The molecule has 0 N–H and O–H groups in total. The zero-order valence-electron chi connectivity index (χ0n) is 9.29. The number of rotatable bonds is 2. The molecule has 0 spiro atoms. The smallest absolute Gasteiger partial charge is 0.192 e. The van der Waals surface area contributed by atoms with E-state index in [9.17, 15) is 4.21 Å². The SMILES string of the molecule is CC(C)(C)[Si](C)(C)/N=[SH](=O)\C1CC1. The number of hydrogen-bond donors (Lipinski definition) is 1. The Labute approximate surface area is 84.4 Å². The molecule has 0 bridgehead atoms. The standard InChI is InChI=1S/C9H21NOSSi/c1-9(2,3)13(4,5)10-12(11)8-6-7-8/h8,12H,6-7H2,1-5H3. The van der Waals surface area contributed by atoms with Crippen LogP contribution in [0.3, 0.4) is 0 Å². The van der Waals surface area contributed by atoms with E-state index in [0.29, 0.717) is 5.25 Å². The van der Waals surface area contributed by atoms with Crippen LogP contribution in [0.2, 0.25) is 18.1 Å². The number of nitrogens with zero attached hydrogens (tertiary/aromatic N) is 1. The van der Waals surface area contributed by atoms with Gasteiger partial charge in [-0.2, -0.15) is 0 Å². The highest BCUT2D eigenvalue weighted by Crippen LogP contribution is 2.37. The van der Waals surface area contributed by atoms with Gasteiger partial charge >= 0.3 is 0 Å². The van der Waals surface area contributed by atoms with E-state index in [1.165, 1.54) is 0 Å². The summed E-state index contributed by atoms with van der Waals surface area (Å²) in [5.74, 6) is 0. The summed E-state index contributed by atoms with van der Waals surface area (Å²) >= 11 is 0. The van der Waals surface area contributed by atoms with Gasteiger partial charge in [-0.3, -0.25) is 8.24 Å². The molecule has 1 aliphatic rings. The highest BCUT2D eigenvalue weighted by molar-refractivity contribution is 7.76. The molecule has 0 aromatic carbocycles. The van der Waals surface area contributed by atoms with Crippen molar-refractivity contribution in [2.45, 2.75) is 57.0 Å². The van der Waals surface area contributed by atoms with E-state index in [2.05, 4.69) is 37.9 Å². The molecule has 1 atom stereocenters. The Morgan fingerprint density at radius 1 is 1.31 bits per heavy atom. The van der Waals surface area contributed by atoms with Crippen molar-refractivity contribution in [1.29, 1.82) is 0 Å². The van der Waals surface area contributed by atoms with Gasteiger partial charge in [0.05, 0.1) is 0 Å². The molecule has 1 fully saturated rings. The summed E-state index contributed by atoms with van der Waals surface area (Å²) in [7, 11) is -2.89. The minimum absolute atomic E-state index is 0.229. The molecular weight excluding hydrogens is 198 g/mol. The molecule has 1 saturated carbocycles. The van der Waals surface area contributed by atoms with Gasteiger partial charge in [0, 0.05) is 15.8 Å². The zero-order valence-corrected chi connectivity index (χ0v) is 11.2. The summed E-state index contributed by atoms with van der Waals surface area (Å²) in [6, 6.07) is 0. The first-order valence-electron chi connectivity index (χ1n) is 4.93. The first-order valence-corrected chi connectivity index (χ1v) is 9.16. The molecule has 0 aliphatic heterocycles. The molecule has 2 nitrogen and oxygen atoms in total. The highest BCUT2D eigenvalue weighted by Gasteiger charge is 2.37. The lowest BCUT2D eigenvalue weighted by Crippen LogP contribution is -2.35. The largest absolute Gasteiger partial charge is 0.279 e. The second-order valence-electron chi connectivity index (χ2n) is 5.44. The first kappa shape index (κ1) is 11.2. The minimum Gasteiger partial charge on any atom is -0.279 e. The summed E-state index contributed by atoms with van der Waals surface area (Å²) in [6.07, 6.45) is 2.26. The summed E-state index contributed by atoms with van der Waals surface area (Å²) < 4.78 is 16.3. The van der Waals surface area contributed by atoms with Crippen LogP contribution in [0.25, 0.3) is 0 Å². The maximum atomic E-state index is 11.7. The van der Waals surface area contributed by atoms with Gasteiger partial charge in [-0.1, -0.05) is 20.8 Å². The fourth-order valence-corrected chi connectivity index (χ4v) is 5.19. The van der Waals surface area contributed by atoms with Gasteiger partial charge in [0.2, 0.25) is 0 Å². The van der Waals surface area contributed by atoms with Crippen LogP contribution in [0.1, 0.15) is 33.6 Å². The molecule has 0 amide bonds. The Hall–Kier alpha value is 0.167. The lowest BCUT2D eigenvalue weighted by Gasteiger charge is -2.31. The van der Waals surface area contributed by atoms with Gasteiger partial charge in [0.15, 0.2) is 8.24 Å². The third-order valence-electron chi connectivity index (χ3n) is 3.04. The van der Waals surface area contributed by atoms with Crippen LogP contribution in [-0.4, -0.2) is 17.7 Å².